The number of para-hydroxylation sites is 2. The van der Waals surface area contributed by atoms with Gasteiger partial charge in [-0.3, -0.25) is 14.7 Å². The number of carbonyl (C=O) groups is 2. The number of amides is 2. The first-order chi connectivity index (χ1) is 23.3. The summed E-state index contributed by atoms with van der Waals surface area (Å²) in [6.45, 7) is 7.73. The van der Waals surface area contributed by atoms with E-state index in [1.807, 2.05) is 134 Å². The number of nitrogens with one attached hydrogen (secondary N) is 2. The van der Waals surface area contributed by atoms with Crippen LogP contribution in [0.4, 0.5) is 11.4 Å². The van der Waals surface area contributed by atoms with Crippen LogP contribution in [0.5, 0.6) is 0 Å². The fourth-order valence-electron chi connectivity index (χ4n) is 4.13. The Kier molecular flexibility index (Phi) is 14.0. The van der Waals surface area contributed by atoms with E-state index in [0.717, 1.165) is 39.3 Å². The molecule has 0 aliphatic carbocycles. The van der Waals surface area contributed by atoms with E-state index < -0.39 is 0 Å². The van der Waals surface area contributed by atoms with E-state index in [2.05, 4.69) is 30.7 Å². The summed E-state index contributed by atoms with van der Waals surface area (Å²) in [6.07, 6.45) is 0. The number of hydrogen-bond donors (Lipinski definition) is 2. The van der Waals surface area contributed by atoms with Crippen LogP contribution in [0, 0.1) is 0 Å². The third-order valence-corrected chi connectivity index (χ3v) is 10.1. The van der Waals surface area contributed by atoms with Gasteiger partial charge in [-0.15, -0.1) is 15.3 Å². The molecule has 6 rings (SSSR count). The lowest BCUT2D eigenvalue weighted by Gasteiger charge is -2.20. The molecule has 6 aromatic rings. The zero-order valence-corrected chi connectivity index (χ0v) is 30.8. The van der Waals surface area contributed by atoms with Gasteiger partial charge in [0.05, 0.1) is 10.5 Å². The van der Waals surface area contributed by atoms with Crippen molar-refractivity contribution in [2.24, 2.45) is 7.05 Å². The predicted molar refractivity (Wildman–Crippen MR) is 201 cm³/mol. The molecule has 250 valence electrons. The third-order valence-electron chi connectivity index (χ3n) is 6.67. The molecule has 4 aromatic heterocycles. The van der Waals surface area contributed by atoms with E-state index in [0.29, 0.717) is 5.16 Å². The first kappa shape index (κ1) is 36.6. The fourth-order valence-corrected chi connectivity index (χ4v) is 7.03. The Hall–Kier alpha value is -4.24. The van der Waals surface area contributed by atoms with Gasteiger partial charge in [-0.2, -0.15) is 22.7 Å². The second-order valence-electron chi connectivity index (χ2n) is 9.96. The Morgan fingerprint density at radius 1 is 0.854 bits per heavy atom. The summed E-state index contributed by atoms with van der Waals surface area (Å²) in [4.78, 5) is 30.9. The molecule has 48 heavy (non-hydrogen) atoms. The summed E-state index contributed by atoms with van der Waals surface area (Å²) in [6, 6.07) is 23.0. The highest BCUT2D eigenvalue weighted by atomic mass is 32.2. The minimum absolute atomic E-state index is 0.0336. The minimum atomic E-state index is -0.286. The monoisotopic (exact) mass is 718 g/mol. The number of thiophene rings is 2. The van der Waals surface area contributed by atoms with Crippen molar-refractivity contribution in [3.63, 3.8) is 0 Å². The van der Waals surface area contributed by atoms with Gasteiger partial charge in [0.15, 0.2) is 16.8 Å². The van der Waals surface area contributed by atoms with Gasteiger partial charge in [0.2, 0.25) is 17.0 Å². The van der Waals surface area contributed by atoms with Crippen LogP contribution in [0.1, 0.15) is 27.7 Å². The first-order valence-corrected chi connectivity index (χ1v) is 18.8. The summed E-state index contributed by atoms with van der Waals surface area (Å²) in [5.41, 5.74) is 3.72. The molecular formula is C34H38N8O2S4. The van der Waals surface area contributed by atoms with Crippen molar-refractivity contribution >= 4 is 69.4 Å². The molecule has 0 fully saturated rings. The molecule has 0 radical (unpaired) electrons. The van der Waals surface area contributed by atoms with Gasteiger partial charge < -0.3 is 14.8 Å². The van der Waals surface area contributed by atoms with Crippen LogP contribution in [0.15, 0.2) is 105 Å². The number of aromatic nitrogens is 6. The Labute approximate surface area is 297 Å². The maximum Gasteiger partial charge on any atom is 0.240 e. The van der Waals surface area contributed by atoms with Crippen LogP contribution in [0.25, 0.3) is 22.8 Å². The number of nitrogens with zero attached hydrogens (tertiary/aromatic N) is 6. The number of rotatable bonds is 10. The summed E-state index contributed by atoms with van der Waals surface area (Å²) < 4.78 is 1.93. The lowest BCUT2D eigenvalue weighted by molar-refractivity contribution is -0.117. The molecule has 2 amide bonds. The number of thioether (sulfide) groups is 2. The number of carbonyl (C=O) groups excluding carboxylic acids is 2. The molecule has 4 heterocycles. The number of benzene rings is 2. The molecule has 14 heteroatoms. The quantitative estimate of drug-likeness (QED) is 0.136. The molecule has 0 bridgehead atoms. The molecule has 0 aliphatic rings. The maximum atomic E-state index is 12.6. The summed E-state index contributed by atoms with van der Waals surface area (Å²) in [5, 5.41) is 27.2. The average molecular weight is 719 g/mol. The van der Waals surface area contributed by atoms with Gasteiger partial charge in [0.25, 0.3) is 0 Å². The van der Waals surface area contributed by atoms with Crippen molar-refractivity contribution in [3.8, 4) is 22.8 Å². The van der Waals surface area contributed by atoms with Gasteiger partial charge in [-0.25, -0.2) is 4.98 Å². The summed E-state index contributed by atoms with van der Waals surface area (Å²) in [5.74, 6) is 1.50. The van der Waals surface area contributed by atoms with Crippen LogP contribution in [0.2, 0.25) is 0 Å². The molecule has 2 N–H and O–H groups in total. The zero-order chi connectivity index (χ0) is 34.5. The molecule has 10 nitrogen and oxygen atoms in total. The van der Waals surface area contributed by atoms with Crippen LogP contribution < -0.4 is 10.2 Å². The SMILES string of the molecule is CC.CC(Sc1n[nH]c(-c2ccsc2)n1)C(=O)Nc1ccccc1.CC(Sc1nnc(-c2ccsc2)n1C)C(=O)N(C)c1ccccc1. The maximum absolute atomic E-state index is 12.6. The molecular weight excluding hydrogens is 681 g/mol. The Bertz CT molecular complexity index is 1830. The van der Waals surface area contributed by atoms with Crippen molar-refractivity contribution in [2.45, 2.75) is 48.5 Å². The lowest BCUT2D eigenvalue weighted by atomic mass is 10.3. The van der Waals surface area contributed by atoms with Crippen molar-refractivity contribution in [1.82, 2.24) is 29.9 Å². The van der Waals surface area contributed by atoms with Crippen molar-refractivity contribution < 1.29 is 9.59 Å². The topological polar surface area (TPSA) is 122 Å². The number of anilines is 2. The molecule has 2 unspecified atom stereocenters. The van der Waals surface area contributed by atoms with Crippen molar-refractivity contribution in [1.29, 1.82) is 0 Å². The number of H-pyrrole nitrogens is 1. The minimum Gasteiger partial charge on any atom is -0.325 e. The van der Waals surface area contributed by atoms with Gasteiger partial charge in [0.1, 0.15) is 0 Å². The normalized spacial score (nSPS) is 11.7. The Morgan fingerprint density at radius 3 is 2.10 bits per heavy atom. The van der Waals surface area contributed by atoms with Gasteiger partial charge >= 0.3 is 0 Å². The van der Waals surface area contributed by atoms with Gasteiger partial charge in [0, 0.05) is 47.4 Å². The molecule has 0 aliphatic heterocycles. The molecule has 0 saturated carbocycles. The van der Waals surface area contributed by atoms with E-state index >= 15 is 0 Å². The van der Waals surface area contributed by atoms with Crippen LogP contribution in [-0.4, -0.2) is 59.3 Å². The summed E-state index contributed by atoms with van der Waals surface area (Å²) in [7, 11) is 3.72. The van der Waals surface area contributed by atoms with E-state index in [1.165, 1.54) is 23.5 Å². The number of aromatic amines is 1. The highest BCUT2D eigenvalue weighted by Gasteiger charge is 2.23. The zero-order valence-electron chi connectivity index (χ0n) is 27.5. The molecule has 0 spiro atoms. The van der Waals surface area contributed by atoms with Crippen LogP contribution in [-0.2, 0) is 16.6 Å². The third kappa shape index (κ3) is 9.89. The molecule has 0 saturated heterocycles. The van der Waals surface area contributed by atoms with E-state index in [9.17, 15) is 9.59 Å². The van der Waals surface area contributed by atoms with Crippen LogP contribution in [0.3, 0.4) is 0 Å². The van der Waals surface area contributed by atoms with Crippen molar-refractivity contribution in [3.05, 3.63) is 94.3 Å². The Morgan fingerprint density at radius 2 is 1.48 bits per heavy atom. The second-order valence-corrected chi connectivity index (χ2v) is 14.1. The smallest absolute Gasteiger partial charge is 0.240 e. The van der Waals surface area contributed by atoms with Crippen molar-refractivity contribution in [2.75, 3.05) is 17.3 Å². The Balaban J connectivity index is 0.000000207. The molecule has 2 aromatic carbocycles. The van der Waals surface area contributed by atoms with Crippen LogP contribution >= 0.6 is 46.2 Å². The average Bonchev–Trinajstić information content (AvgIpc) is 3.96. The summed E-state index contributed by atoms with van der Waals surface area (Å²) >= 11 is 5.98. The van der Waals surface area contributed by atoms with E-state index in [-0.39, 0.29) is 22.3 Å². The predicted octanol–water partition coefficient (Wildman–Crippen LogP) is 8.37. The van der Waals surface area contributed by atoms with Gasteiger partial charge in [-0.05, 0) is 61.0 Å². The fraction of sp³-hybridized carbons (Fsp3) is 0.235. The standard InChI is InChI=1S/C17H18N4OS2.C15H14N4OS2.C2H6/c1-12(16(22)20(2)14-7-5-4-6-8-14)24-17-19-18-15(21(17)3)13-9-10-23-11-13;1-10(14(20)16-12-5-3-2-4-6-12)22-15-17-13(18-19-15)11-7-8-21-9-11;1-2/h4-12H,1-3H3;2-10H,1H3,(H,16,20)(H,17,18,19);1-2H3. The second kappa shape index (κ2) is 18.3. The first-order valence-electron chi connectivity index (χ1n) is 15.2. The lowest BCUT2D eigenvalue weighted by Crippen LogP contribution is -2.33. The highest BCUT2D eigenvalue weighted by molar-refractivity contribution is 8.00. The largest absolute Gasteiger partial charge is 0.325 e. The van der Waals surface area contributed by atoms with E-state index in [1.54, 1.807) is 34.6 Å². The van der Waals surface area contributed by atoms with E-state index in [4.69, 9.17) is 0 Å². The molecule has 2 atom stereocenters. The number of hydrogen-bond acceptors (Lipinski definition) is 10. The van der Waals surface area contributed by atoms with Gasteiger partial charge in [-0.1, -0.05) is 73.8 Å². The highest BCUT2D eigenvalue weighted by Crippen LogP contribution is 2.28.